The zero-order valence-electron chi connectivity index (χ0n) is 19.0. The number of fused-ring (bicyclic) bond motifs is 2. The van der Waals surface area contributed by atoms with Crippen LogP contribution in [0.4, 0.5) is 14.7 Å². The van der Waals surface area contributed by atoms with Crippen LogP contribution in [-0.2, 0) is 11.3 Å². The minimum absolute atomic E-state index is 0.0898. The summed E-state index contributed by atoms with van der Waals surface area (Å²) in [4.78, 5) is 26.2. The third-order valence-electron chi connectivity index (χ3n) is 6.42. The van der Waals surface area contributed by atoms with Crippen LogP contribution in [-0.4, -0.2) is 67.3 Å². The Kier molecular flexibility index (Phi) is 5.84. The van der Waals surface area contributed by atoms with Crippen molar-refractivity contribution in [2.24, 2.45) is 5.92 Å². The van der Waals surface area contributed by atoms with Gasteiger partial charge in [-0.25, -0.2) is 18.4 Å². The van der Waals surface area contributed by atoms with Gasteiger partial charge in [-0.2, -0.15) is 4.98 Å². The fraction of sp³-hybridized carbons (Fsp3) is 0.435. The molecule has 2 N–H and O–H groups in total. The van der Waals surface area contributed by atoms with Crippen molar-refractivity contribution in [2.75, 3.05) is 19.4 Å². The lowest BCUT2D eigenvalue weighted by molar-refractivity contribution is -0.133. The summed E-state index contributed by atoms with van der Waals surface area (Å²) in [5.74, 6) is 0.825. The molecule has 1 fully saturated rings. The Morgan fingerprint density at radius 3 is 2.79 bits per heavy atom. The summed E-state index contributed by atoms with van der Waals surface area (Å²) < 4.78 is 27.0. The normalized spacial score (nSPS) is 18.6. The maximum absolute atomic E-state index is 12.9. The molecule has 1 aliphatic carbocycles. The molecular weight excluding hydrogens is 442 g/mol. The van der Waals surface area contributed by atoms with Gasteiger partial charge in [0.25, 0.3) is 6.43 Å². The molecular formula is C23H26F2N8O. The Hall–Kier alpha value is -3.63. The van der Waals surface area contributed by atoms with Crippen LogP contribution >= 0.6 is 0 Å². The van der Waals surface area contributed by atoms with Crippen molar-refractivity contribution in [1.29, 1.82) is 0 Å². The molecule has 3 aromatic heterocycles. The van der Waals surface area contributed by atoms with E-state index in [0.29, 0.717) is 22.6 Å². The van der Waals surface area contributed by atoms with Crippen LogP contribution in [0.3, 0.4) is 0 Å². The molecule has 1 aliphatic rings. The van der Waals surface area contributed by atoms with Crippen LogP contribution in [0.25, 0.3) is 33.2 Å². The number of nitrogens with one attached hydrogen (secondary N) is 2. The average molecular weight is 469 g/mol. The van der Waals surface area contributed by atoms with Gasteiger partial charge in [0.15, 0.2) is 0 Å². The van der Waals surface area contributed by atoms with E-state index >= 15 is 0 Å². The third-order valence-corrected chi connectivity index (χ3v) is 6.42. The molecule has 4 aromatic rings. The lowest BCUT2D eigenvalue weighted by atomic mass is 9.85. The standard InChI is InChI=1S/C23H26F2N8O/c1-32(2)22(34)13-3-6-15(7-4-13)28-23-27-11-17-16(10-26-21(17)29-23)14-5-8-18-19(9-14)33(31-30-18)12-20(24)25/h5,8-11,13,15,20H,3-4,6-7,12H2,1-2H3,(H2,26,27,28,29)/t13-,15+. The molecule has 11 heteroatoms. The van der Waals surface area contributed by atoms with Crippen LogP contribution in [0.15, 0.2) is 30.6 Å². The number of nitrogens with zero attached hydrogens (tertiary/aromatic N) is 6. The summed E-state index contributed by atoms with van der Waals surface area (Å²) in [5.41, 5.74) is 3.51. The van der Waals surface area contributed by atoms with Crippen LogP contribution in [0, 0.1) is 5.92 Å². The second kappa shape index (κ2) is 8.96. The molecule has 0 saturated heterocycles. The Morgan fingerprint density at radius 2 is 2.06 bits per heavy atom. The lowest BCUT2D eigenvalue weighted by Crippen LogP contribution is -2.35. The van der Waals surface area contributed by atoms with Crippen molar-refractivity contribution in [2.45, 2.75) is 44.7 Å². The molecule has 0 radical (unpaired) electrons. The van der Waals surface area contributed by atoms with Gasteiger partial charge in [-0.15, -0.1) is 5.10 Å². The number of halogens is 2. The number of carbonyl (C=O) groups is 1. The van der Waals surface area contributed by atoms with E-state index in [0.717, 1.165) is 42.2 Å². The van der Waals surface area contributed by atoms with Crippen molar-refractivity contribution in [3.8, 4) is 11.1 Å². The van der Waals surface area contributed by atoms with Crippen molar-refractivity contribution >= 4 is 33.9 Å². The first-order chi connectivity index (χ1) is 16.4. The van der Waals surface area contributed by atoms with Crippen molar-refractivity contribution in [1.82, 2.24) is 34.8 Å². The van der Waals surface area contributed by atoms with E-state index in [9.17, 15) is 13.6 Å². The number of alkyl halides is 2. The minimum atomic E-state index is -2.51. The predicted octanol–water partition coefficient (Wildman–Crippen LogP) is 3.69. The molecule has 1 aromatic carbocycles. The fourth-order valence-electron chi connectivity index (χ4n) is 4.65. The van der Waals surface area contributed by atoms with E-state index in [2.05, 4.69) is 30.6 Å². The number of hydrogen-bond donors (Lipinski definition) is 2. The molecule has 0 bridgehead atoms. The number of H-pyrrole nitrogens is 1. The van der Waals surface area contributed by atoms with E-state index in [-0.39, 0.29) is 17.9 Å². The Labute approximate surface area is 194 Å². The first-order valence-corrected chi connectivity index (χ1v) is 11.3. The number of benzene rings is 1. The predicted molar refractivity (Wildman–Crippen MR) is 124 cm³/mol. The van der Waals surface area contributed by atoms with Crippen molar-refractivity contribution < 1.29 is 13.6 Å². The summed E-state index contributed by atoms with van der Waals surface area (Å²) in [5, 5.41) is 12.0. The lowest BCUT2D eigenvalue weighted by Gasteiger charge is -2.29. The Bertz CT molecular complexity index is 1320. The Balaban J connectivity index is 1.33. The summed E-state index contributed by atoms with van der Waals surface area (Å²) in [6.07, 6.45) is 4.57. The number of hydrogen-bond acceptors (Lipinski definition) is 6. The number of amides is 1. The zero-order chi connectivity index (χ0) is 23.8. The summed E-state index contributed by atoms with van der Waals surface area (Å²) in [6, 6.07) is 5.68. The molecule has 0 atom stereocenters. The van der Waals surface area contributed by atoms with Gasteiger partial charge in [-0.05, 0) is 43.4 Å². The number of aromatic amines is 1. The maximum Gasteiger partial charge on any atom is 0.258 e. The monoisotopic (exact) mass is 468 g/mol. The molecule has 5 rings (SSSR count). The number of aromatic nitrogens is 6. The molecule has 9 nitrogen and oxygen atoms in total. The van der Waals surface area contributed by atoms with E-state index in [1.165, 1.54) is 4.68 Å². The van der Waals surface area contributed by atoms with Gasteiger partial charge in [-0.1, -0.05) is 11.3 Å². The van der Waals surface area contributed by atoms with Gasteiger partial charge >= 0.3 is 0 Å². The Morgan fingerprint density at radius 1 is 1.26 bits per heavy atom. The molecule has 3 heterocycles. The van der Waals surface area contributed by atoms with Crippen LogP contribution in [0.2, 0.25) is 0 Å². The zero-order valence-corrected chi connectivity index (χ0v) is 19.0. The highest BCUT2D eigenvalue weighted by molar-refractivity contribution is 5.95. The van der Waals surface area contributed by atoms with Gasteiger partial charge < -0.3 is 15.2 Å². The van der Waals surface area contributed by atoms with E-state index in [1.807, 2.05) is 12.3 Å². The number of rotatable bonds is 6. The third kappa shape index (κ3) is 4.29. The van der Waals surface area contributed by atoms with E-state index in [4.69, 9.17) is 0 Å². The second-order valence-electron chi connectivity index (χ2n) is 8.95. The summed E-state index contributed by atoms with van der Waals surface area (Å²) in [6.45, 7) is -0.503. The number of carbonyl (C=O) groups excluding carboxylic acids is 1. The molecule has 1 saturated carbocycles. The first-order valence-electron chi connectivity index (χ1n) is 11.3. The van der Waals surface area contributed by atoms with Crippen LogP contribution in [0.5, 0.6) is 0 Å². The maximum atomic E-state index is 12.9. The first kappa shape index (κ1) is 22.2. The second-order valence-corrected chi connectivity index (χ2v) is 8.95. The van der Waals surface area contributed by atoms with Gasteiger partial charge in [-0.3, -0.25) is 4.79 Å². The van der Waals surface area contributed by atoms with Gasteiger partial charge in [0.05, 0.1) is 5.52 Å². The highest BCUT2D eigenvalue weighted by Gasteiger charge is 2.27. The topological polar surface area (TPSA) is 105 Å². The highest BCUT2D eigenvalue weighted by Crippen LogP contribution is 2.31. The molecule has 1 amide bonds. The van der Waals surface area contributed by atoms with E-state index < -0.39 is 13.0 Å². The summed E-state index contributed by atoms with van der Waals surface area (Å²) in [7, 11) is 3.60. The highest BCUT2D eigenvalue weighted by atomic mass is 19.3. The quantitative estimate of drug-likeness (QED) is 0.447. The van der Waals surface area contributed by atoms with Crippen LogP contribution < -0.4 is 5.32 Å². The largest absolute Gasteiger partial charge is 0.351 e. The minimum Gasteiger partial charge on any atom is -0.351 e. The SMILES string of the molecule is CN(C)C(=O)[C@H]1CC[C@@H](Nc2ncc3c(-c4ccc5nnn(CC(F)F)c5c4)c[nH]c3n2)CC1. The average Bonchev–Trinajstić information content (AvgIpc) is 3.42. The molecule has 0 spiro atoms. The molecule has 0 aliphatic heterocycles. The van der Waals surface area contributed by atoms with Gasteiger partial charge in [0, 0.05) is 49.4 Å². The van der Waals surface area contributed by atoms with E-state index in [1.54, 1.807) is 37.3 Å². The molecule has 0 unspecified atom stereocenters. The smallest absolute Gasteiger partial charge is 0.258 e. The molecule has 34 heavy (non-hydrogen) atoms. The number of anilines is 1. The van der Waals surface area contributed by atoms with Gasteiger partial charge in [0.2, 0.25) is 11.9 Å². The summed E-state index contributed by atoms with van der Waals surface area (Å²) >= 11 is 0. The van der Waals surface area contributed by atoms with Crippen LogP contribution in [0.1, 0.15) is 25.7 Å². The van der Waals surface area contributed by atoms with Crippen molar-refractivity contribution in [3.63, 3.8) is 0 Å². The van der Waals surface area contributed by atoms with Crippen molar-refractivity contribution in [3.05, 3.63) is 30.6 Å². The fourth-order valence-corrected chi connectivity index (χ4v) is 4.65. The van der Waals surface area contributed by atoms with Gasteiger partial charge in [0.1, 0.15) is 17.7 Å². The molecule has 178 valence electrons.